The van der Waals surface area contributed by atoms with Crippen LogP contribution in [0.1, 0.15) is 23.0 Å². The van der Waals surface area contributed by atoms with E-state index in [9.17, 15) is 18.3 Å². The first kappa shape index (κ1) is 15.1. The second kappa shape index (κ2) is 5.23. The molecule has 0 amide bonds. The van der Waals surface area contributed by atoms with Gasteiger partial charge in [-0.1, -0.05) is 0 Å². The van der Waals surface area contributed by atoms with Crippen LogP contribution in [0.4, 0.5) is 0 Å². The van der Waals surface area contributed by atoms with Gasteiger partial charge in [-0.25, -0.2) is 9.97 Å². The van der Waals surface area contributed by atoms with Crippen LogP contribution in [0.3, 0.4) is 0 Å². The lowest BCUT2D eigenvalue weighted by atomic mass is 10.0. The maximum atomic E-state index is 11.7. The third-order valence-electron chi connectivity index (χ3n) is 2.79. The Labute approximate surface area is 121 Å². The highest BCUT2D eigenvalue weighted by Gasteiger charge is 2.22. The molecule has 0 atom stereocenters. The summed E-state index contributed by atoms with van der Waals surface area (Å²) in [7, 11) is -4.59. The number of hydrogen-bond donors (Lipinski definition) is 2. The van der Waals surface area contributed by atoms with Gasteiger partial charge >= 0.3 is 10.1 Å². The Morgan fingerprint density at radius 1 is 1.14 bits per heavy atom. The van der Waals surface area contributed by atoms with Gasteiger partial charge in [-0.15, -0.1) is 0 Å². The molecule has 0 radical (unpaired) electrons. The fourth-order valence-electron chi connectivity index (χ4n) is 1.91. The van der Waals surface area contributed by atoms with E-state index in [2.05, 4.69) is 9.97 Å². The summed E-state index contributed by atoms with van der Waals surface area (Å²) in [5.74, 6) is -0.318. The molecule has 2 rings (SSSR count). The number of rotatable bonds is 3. The van der Waals surface area contributed by atoms with E-state index in [-0.39, 0.29) is 28.5 Å². The Kier molecular flexibility index (Phi) is 3.75. The number of aryl methyl sites for hydroxylation is 1. The molecule has 0 aliphatic heterocycles. The van der Waals surface area contributed by atoms with Crippen molar-refractivity contribution in [3.63, 3.8) is 0 Å². The largest absolute Gasteiger partial charge is 0.508 e. The van der Waals surface area contributed by atoms with Gasteiger partial charge in [0.2, 0.25) is 0 Å². The quantitative estimate of drug-likeness (QED) is 0.502. The Hall–Kier alpha value is -2.32. The fourth-order valence-corrected chi connectivity index (χ4v) is 2.37. The van der Waals surface area contributed by atoms with Crippen molar-refractivity contribution in [1.29, 1.82) is 0 Å². The molecule has 8 heteroatoms. The minimum atomic E-state index is -4.59. The van der Waals surface area contributed by atoms with Crippen LogP contribution in [0.15, 0.2) is 29.4 Å². The molecule has 110 valence electrons. The predicted molar refractivity (Wildman–Crippen MR) is 73.7 cm³/mol. The Balaban J connectivity index is 2.80. The number of carbonyl (C=O) groups excluding carboxylic acids is 1. The van der Waals surface area contributed by atoms with Crippen molar-refractivity contribution in [2.24, 2.45) is 0 Å². The maximum Gasteiger partial charge on any atom is 0.330 e. The minimum absolute atomic E-state index is 0.0175. The molecule has 2 N–H and O–H groups in total. The fraction of sp³-hybridized carbons (Fsp3) is 0.154. The van der Waals surface area contributed by atoms with Crippen LogP contribution < -0.4 is 0 Å². The molecular formula is C13H12N2O5S. The lowest BCUT2D eigenvalue weighted by Gasteiger charge is -2.10. The Bertz CT molecular complexity index is 813. The molecule has 21 heavy (non-hydrogen) atoms. The van der Waals surface area contributed by atoms with Gasteiger partial charge in [0.1, 0.15) is 5.75 Å². The molecule has 0 bridgehead atoms. The number of aromatic nitrogens is 2. The lowest BCUT2D eigenvalue weighted by molar-refractivity contribution is 0.101. The lowest BCUT2D eigenvalue weighted by Crippen LogP contribution is -2.12. The molecular weight excluding hydrogens is 296 g/mol. The highest BCUT2D eigenvalue weighted by atomic mass is 32.2. The zero-order valence-electron chi connectivity index (χ0n) is 11.2. The van der Waals surface area contributed by atoms with Crippen LogP contribution in [-0.2, 0) is 10.1 Å². The molecule has 1 aromatic carbocycles. The highest BCUT2D eigenvalue weighted by Crippen LogP contribution is 2.26. The van der Waals surface area contributed by atoms with Crippen molar-refractivity contribution in [2.45, 2.75) is 19.0 Å². The summed E-state index contributed by atoms with van der Waals surface area (Å²) in [4.78, 5) is 19.2. The average Bonchev–Trinajstić information content (AvgIpc) is 2.37. The maximum absolute atomic E-state index is 11.7. The smallest absolute Gasteiger partial charge is 0.330 e. The van der Waals surface area contributed by atoms with E-state index >= 15 is 0 Å². The summed E-state index contributed by atoms with van der Waals surface area (Å²) in [6.07, 6.45) is 0. The Morgan fingerprint density at radius 3 is 2.19 bits per heavy atom. The zero-order chi connectivity index (χ0) is 15.8. The summed E-state index contributed by atoms with van der Waals surface area (Å²) in [5, 5.41) is 8.51. The number of ketones is 1. The number of nitrogens with zero attached hydrogens (tertiary/aromatic N) is 2. The molecule has 7 nitrogen and oxygen atoms in total. The third-order valence-corrected chi connectivity index (χ3v) is 3.44. The van der Waals surface area contributed by atoms with Gasteiger partial charge in [0.05, 0.1) is 17.0 Å². The van der Waals surface area contributed by atoms with Crippen LogP contribution in [0.5, 0.6) is 5.75 Å². The first-order chi connectivity index (χ1) is 9.70. The molecule has 0 saturated heterocycles. The number of phenolic OH excluding ortho intramolecular Hbond substituents is 1. The van der Waals surface area contributed by atoms with E-state index in [1.807, 2.05) is 0 Å². The van der Waals surface area contributed by atoms with E-state index in [1.165, 1.54) is 38.1 Å². The molecule has 0 spiro atoms. The number of benzene rings is 1. The number of phenols is 1. The normalized spacial score (nSPS) is 11.4. The molecule has 2 aromatic rings. The van der Waals surface area contributed by atoms with Crippen molar-refractivity contribution in [3.8, 4) is 17.0 Å². The van der Waals surface area contributed by atoms with E-state index in [0.29, 0.717) is 5.56 Å². The zero-order valence-corrected chi connectivity index (χ0v) is 12.0. The van der Waals surface area contributed by atoms with Crippen LogP contribution >= 0.6 is 0 Å². The summed E-state index contributed by atoms with van der Waals surface area (Å²) in [6, 6.07) is 5.72. The second-order valence-corrected chi connectivity index (χ2v) is 5.71. The summed E-state index contributed by atoms with van der Waals surface area (Å²) in [5.41, 5.74) is 0.817. The van der Waals surface area contributed by atoms with Gasteiger partial charge in [-0.2, -0.15) is 8.42 Å². The van der Waals surface area contributed by atoms with Gasteiger partial charge < -0.3 is 5.11 Å². The number of aromatic hydroxyl groups is 1. The summed E-state index contributed by atoms with van der Waals surface area (Å²) >= 11 is 0. The van der Waals surface area contributed by atoms with Gasteiger partial charge in [0.15, 0.2) is 5.78 Å². The van der Waals surface area contributed by atoms with Crippen molar-refractivity contribution in [3.05, 3.63) is 35.5 Å². The molecule has 0 fully saturated rings. The topological polar surface area (TPSA) is 117 Å². The van der Waals surface area contributed by atoms with Crippen LogP contribution in [0.2, 0.25) is 0 Å². The highest BCUT2D eigenvalue weighted by molar-refractivity contribution is 7.85. The first-order valence-corrected chi connectivity index (χ1v) is 7.30. The SMILES string of the molecule is CC(=O)c1c(C)nc(S(=O)(=O)O)nc1-c1ccc(O)cc1. The van der Waals surface area contributed by atoms with E-state index in [0.717, 1.165) is 0 Å². The van der Waals surface area contributed by atoms with Gasteiger partial charge in [0.25, 0.3) is 5.16 Å². The molecule has 0 aliphatic rings. The van der Waals surface area contributed by atoms with Crippen molar-refractivity contribution in [2.75, 3.05) is 0 Å². The van der Waals surface area contributed by atoms with Crippen LogP contribution in [-0.4, -0.2) is 33.8 Å². The average molecular weight is 308 g/mol. The van der Waals surface area contributed by atoms with Crippen LogP contribution in [0.25, 0.3) is 11.3 Å². The third kappa shape index (κ3) is 3.06. The van der Waals surface area contributed by atoms with E-state index in [1.54, 1.807) is 0 Å². The standard InChI is InChI=1S/C13H12N2O5S/c1-7-11(8(2)16)12(9-3-5-10(17)6-4-9)15-13(14-7)21(18,19)20/h3-6,17H,1-2H3,(H,18,19,20). The molecule has 0 aliphatic carbocycles. The van der Waals surface area contributed by atoms with Gasteiger partial charge in [0, 0.05) is 5.56 Å². The van der Waals surface area contributed by atoms with Crippen molar-refractivity contribution in [1.82, 2.24) is 9.97 Å². The number of carbonyl (C=O) groups is 1. The Morgan fingerprint density at radius 2 is 1.71 bits per heavy atom. The predicted octanol–water partition coefficient (Wildman–Crippen LogP) is 1.61. The molecule has 1 aromatic heterocycles. The van der Waals surface area contributed by atoms with Crippen LogP contribution in [0, 0.1) is 6.92 Å². The van der Waals surface area contributed by atoms with Gasteiger partial charge in [-0.05, 0) is 38.1 Å². The second-order valence-electron chi connectivity index (χ2n) is 4.39. The number of hydrogen-bond acceptors (Lipinski definition) is 6. The molecule has 0 saturated carbocycles. The number of Topliss-reactive ketones (excluding diaryl/α,β-unsaturated/α-hetero) is 1. The monoisotopic (exact) mass is 308 g/mol. The van der Waals surface area contributed by atoms with Crippen molar-refractivity contribution >= 4 is 15.9 Å². The summed E-state index contributed by atoms with van der Waals surface area (Å²) < 4.78 is 31.5. The summed E-state index contributed by atoms with van der Waals surface area (Å²) in [6.45, 7) is 2.76. The first-order valence-electron chi connectivity index (χ1n) is 5.86. The molecule has 0 unspecified atom stereocenters. The van der Waals surface area contributed by atoms with Crippen molar-refractivity contribution < 1.29 is 22.9 Å². The van der Waals surface area contributed by atoms with Gasteiger partial charge in [-0.3, -0.25) is 9.35 Å². The van der Waals surface area contributed by atoms with E-state index < -0.39 is 15.3 Å². The molecule has 1 heterocycles. The van der Waals surface area contributed by atoms with E-state index in [4.69, 9.17) is 4.55 Å². The minimum Gasteiger partial charge on any atom is -0.508 e.